The van der Waals surface area contributed by atoms with E-state index >= 15 is 0 Å². The van der Waals surface area contributed by atoms with Gasteiger partial charge in [0, 0.05) is 1.43 Å². The van der Waals surface area contributed by atoms with Crippen LogP contribution in [0.3, 0.4) is 0 Å². The Morgan fingerprint density at radius 2 is 2.33 bits per heavy atom. The molecule has 1 unspecified atom stereocenters. The molecular formula is C8H19N. The molecule has 56 valence electrons. The van der Waals surface area contributed by atoms with Crippen LogP contribution in [0.4, 0.5) is 0 Å². The van der Waals surface area contributed by atoms with Crippen molar-refractivity contribution in [3.63, 3.8) is 0 Å². The lowest BCUT2D eigenvalue weighted by Gasteiger charge is -2.08. The smallest absolute Gasteiger partial charge is 0 e. The molecule has 1 aliphatic rings. The minimum absolute atomic E-state index is 0. The largest absolute Gasteiger partial charge is 0.317 e. The highest BCUT2D eigenvalue weighted by atomic mass is 14.8. The molecule has 1 saturated heterocycles. The zero-order valence-corrected chi connectivity index (χ0v) is 6.32. The quantitative estimate of drug-likeness (QED) is 0.571. The number of hydrogen-bond donors (Lipinski definition) is 1. The molecule has 0 aromatic heterocycles. The van der Waals surface area contributed by atoms with Crippen molar-refractivity contribution in [2.45, 2.75) is 32.6 Å². The van der Waals surface area contributed by atoms with E-state index in [1.807, 2.05) is 0 Å². The van der Waals surface area contributed by atoms with E-state index in [1.165, 1.54) is 38.8 Å². The van der Waals surface area contributed by atoms with Crippen LogP contribution in [0.2, 0.25) is 0 Å². The van der Waals surface area contributed by atoms with Crippen LogP contribution >= 0.6 is 0 Å². The third-order valence-electron chi connectivity index (χ3n) is 2.27. The fourth-order valence-electron chi connectivity index (χ4n) is 1.50. The first kappa shape index (κ1) is 7.07. The van der Waals surface area contributed by atoms with Crippen molar-refractivity contribution >= 4 is 0 Å². The van der Waals surface area contributed by atoms with E-state index < -0.39 is 0 Å². The molecule has 1 heteroatoms. The Kier molecular flexibility index (Phi) is 3.05. The van der Waals surface area contributed by atoms with Crippen molar-refractivity contribution in [3.05, 3.63) is 0 Å². The molecule has 0 radical (unpaired) electrons. The Labute approximate surface area is 59.3 Å². The number of rotatable bonds is 1. The molecule has 0 aromatic carbocycles. The van der Waals surface area contributed by atoms with Crippen LogP contribution < -0.4 is 5.32 Å². The van der Waals surface area contributed by atoms with Gasteiger partial charge in [0.25, 0.3) is 0 Å². The molecule has 1 heterocycles. The highest BCUT2D eigenvalue weighted by Crippen LogP contribution is 2.15. The minimum Gasteiger partial charge on any atom is -0.317 e. The summed E-state index contributed by atoms with van der Waals surface area (Å²) in [6, 6.07) is 0. The lowest BCUT2D eigenvalue weighted by Crippen LogP contribution is -2.13. The fourth-order valence-corrected chi connectivity index (χ4v) is 1.50. The maximum Gasteiger partial charge on any atom is 0 e. The minimum atomic E-state index is 0. The van der Waals surface area contributed by atoms with Gasteiger partial charge >= 0.3 is 0 Å². The van der Waals surface area contributed by atoms with Gasteiger partial charge in [-0.2, -0.15) is 0 Å². The van der Waals surface area contributed by atoms with E-state index in [9.17, 15) is 0 Å². The second kappa shape index (κ2) is 3.89. The van der Waals surface area contributed by atoms with Gasteiger partial charge in [-0.3, -0.25) is 0 Å². The van der Waals surface area contributed by atoms with Gasteiger partial charge in [0.2, 0.25) is 0 Å². The zero-order chi connectivity index (χ0) is 6.53. The van der Waals surface area contributed by atoms with Gasteiger partial charge in [0.15, 0.2) is 0 Å². The summed E-state index contributed by atoms with van der Waals surface area (Å²) in [5.74, 6) is 1.01. The van der Waals surface area contributed by atoms with Crippen LogP contribution in [0.25, 0.3) is 0 Å². The van der Waals surface area contributed by atoms with Crippen LogP contribution in [-0.4, -0.2) is 13.1 Å². The molecular weight excluding hydrogens is 110 g/mol. The Bertz CT molecular complexity index is 67.7. The molecule has 0 aromatic rings. The maximum atomic E-state index is 3.41. The summed E-state index contributed by atoms with van der Waals surface area (Å²) >= 11 is 0. The summed E-state index contributed by atoms with van der Waals surface area (Å²) in [7, 11) is 0. The Morgan fingerprint density at radius 3 is 3.11 bits per heavy atom. The summed E-state index contributed by atoms with van der Waals surface area (Å²) in [5, 5.41) is 3.41. The number of nitrogens with one attached hydrogen (secondary N) is 1. The molecule has 0 saturated carbocycles. The van der Waals surface area contributed by atoms with Gasteiger partial charge in [0.1, 0.15) is 0 Å². The van der Waals surface area contributed by atoms with E-state index in [0.717, 1.165) is 5.92 Å². The molecule has 0 spiro atoms. The molecule has 0 bridgehead atoms. The Morgan fingerprint density at radius 1 is 1.44 bits per heavy atom. The third kappa shape index (κ3) is 2.35. The van der Waals surface area contributed by atoms with Gasteiger partial charge in [0.05, 0.1) is 0 Å². The van der Waals surface area contributed by atoms with Crippen LogP contribution in [0.5, 0.6) is 0 Å². The highest BCUT2D eigenvalue weighted by molar-refractivity contribution is 4.64. The fraction of sp³-hybridized carbons (Fsp3) is 1.00. The van der Waals surface area contributed by atoms with Crippen molar-refractivity contribution in [2.24, 2.45) is 5.92 Å². The van der Waals surface area contributed by atoms with Crippen LogP contribution in [0, 0.1) is 5.92 Å². The van der Waals surface area contributed by atoms with Gasteiger partial charge in [-0.1, -0.05) is 13.3 Å². The Hall–Kier alpha value is -0.0400. The second-order valence-electron chi connectivity index (χ2n) is 2.96. The van der Waals surface area contributed by atoms with E-state index in [1.54, 1.807) is 0 Å². The summed E-state index contributed by atoms with van der Waals surface area (Å²) in [4.78, 5) is 0. The first-order valence-corrected chi connectivity index (χ1v) is 4.14. The van der Waals surface area contributed by atoms with E-state index in [0.29, 0.717) is 0 Å². The zero-order valence-electron chi connectivity index (χ0n) is 6.32. The van der Waals surface area contributed by atoms with Gasteiger partial charge in [-0.25, -0.2) is 0 Å². The second-order valence-corrected chi connectivity index (χ2v) is 2.96. The monoisotopic (exact) mass is 129 g/mol. The summed E-state index contributed by atoms with van der Waals surface area (Å²) in [6.45, 7) is 4.80. The molecule has 1 nitrogen and oxygen atoms in total. The molecule has 1 rings (SSSR count). The summed E-state index contributed by atoms with van der Waals surface area (Å²) < 4.78 is 0. The average Bonchev–Trinajstić information content (AvgIpc) is 2.13. The predicted molar refractivity (Wildman–Crippen MR) is 42.6 cm³/mol. The molecule has 0 aliphatic carbocycles. The highest BCUT2D eigenvalue weighted by Gasteiger charge is 2.07. The van der Waals surface area contributed by atoms with Crippen molar-refractivity contribution in [1.82, 2.24) is 5.32 Å². The summed E-state index contributed by atoms with van der Waals surface area (Å²) in [5.41, 5.74) is 0. The topological polar surface area (TPSA) is 12.0 Å². The molecule has 9 heavy (non-hydrogen) atoms. The van der Waals surface area contributed by atoms with Crippen molar-refractivity contribution in [2.75, 3.05) is 13.1 Å². The maximum absolute atomic E-state index is 3.41. The predicted octanol–water partition coefficient (Wildman–Crippen LogP) is 2.03. The van der Waals surface area contributed by atoms with Crippen molar-refractivity contribution < 1.29 is 1.43 Å². The van der Waals surface area contributed by atoms with Crippen LogP contribution in [0.1, 0.15) is 34.0 Å². The lowest BCUT2D eigenvalue weighted by atomic mass is 9.98. The summed E-state index contributed by atoms with van der Waals surface area (Å²) in [6.07, 6.45) is 5.61. The molecule has 1 fully saturated rings. The first-order valence-electron chi connectivity index (χ1n) is 4.14. The molecule has 1 atom stereocenters. The molecule has 1 N–H and O–H groups in total. The third-order valence-corrected chi connectivity index (χ3v) is 2.27. The first-order chi connectivity index (χ1) is 4.43. The number of hydrogen-bond acceptors (Lipinski definition) is 1. The van der Waals surface area contributed by atoms with Gasteiger partial charge in [-0.05, 0) is 38.3 Å². The normalized spacial score (nSPS) is 29.7. The average molecular weight is 129 g/mol. The van der Waals surface area contributed by atoms with E-state index in [4.69, 9.17) is 0 Å². The van der Waals surface area contributed by atoms with Crippen molar-refractivity contribution in [1.29, 1.82) is 0 Å². The van der Waals surface area contributed by atoms with E-state index in [2.05, 4.69) is 12.2 Å². The van der Waals surface area contributed by atoms with E-state index in [-0.39, 0.29) is 1.43 Å². The van der Waals surface area contributed by atoms with Crippen molar-refractivity contribution in [3.8, 4) is 0 Å². The molecule has 0 amide bonds. The standard InChI is InChI=1S/C8H17N.H2/c1-2-8-4-3-6-9-7-5-8;/h8-9H,2-7H2,1H3;1H. The molecule has 1 aliphatic heterocycles. The SMILES string of the molecule is CCC1CCCNCC1.[HH]. The Balaban J connectivity index is 0.000000810. The van der Waals surface area contributed by atoms with Gasteiger partial charge < -0.3 is 5.32 Å². The van der Waals surface area contributed by atoms with Crippen LogP contribution in [-0.2, 0) is 0 Å². The van der Waals surface area contributed by atoms with Gasteiger partial charge in [-0.15, -0.1) is 0 Å². The lowest BCUT2D eigenvalue weighted by molar-refractivity contribution is 0.458. The van der Waals surface area contributed by atoms with Crippen LogP contribution in [0.15, 0.2) is 0 Å².